The van der Waals surface area contributed by atoms with Gasteiger partial charge in [-0.3, -0.25) is 0 Å². The molecule has 19 heavy (non-hydrogen) atoms. The number of nitrogens with zero attached hydrogens (tertiary/aromatic N) is 3. The smallest absolute Gasteiger partial charge is 0.138 e. The third-order valence-corrected chi connectivity index (χ3v) is 4.25. The number of hydrogen-bond acceptors (Lipinski definition) is 3. The third-order valence-electron chi connectivity index (χ3n) is 4.25. The summed E-state index contributed by atoms with van der Waals surface area (Å²) in [4.78, 5) is 4.43. The molecule has 1 aromatic heterocycles. The SMILES string of the molecule is CC(C)Cn1ncnc1CC1(N)CCCC(C)CC1. The second-order valence-corrected chi connectivity index (χ2v) is 6.83. The van der Waals surface area contributed by atoms with E-state index in [0.29, 0.717) is 5.92 Å². The summed E-state index contributed by atoms with van der Waals surface area (Å²) in [6, 6.07) is 0. The fourth-order valence-electron chi connectivity index (χ4n) is 3.02. The summed E-state index contributed by atoms with van der Waals surface area (Å²) >= 11 is 0. The Hall–Kier alpha value is -0.900. The van der Waals surface area contributed by atoms with Gasteiger partial charge in [-0.1, -0.05) is 33.6 Å². The van der Waals surface area contributed by atoms with Crippen molar-refractivity contribution >= 4 is 0 Å². The topological polar surface area (TPSA) is 56.7 Å². The molecule has 2 rings (SSSR count). The lowest BCUT2D eigenvalue weighted by molar-refractivity contribution is 0.343. The van der Waals surface area contributed by atoms with Gasteiger partial charge in [0.15, 0.2) is 0 Å². The first-order valence-corrected chi connectivity index (χ1v) is 7.64. The normalized spacial score (nSPS) is 28.6. The zero-order valence-electron chi connectivity index (χ0n) is 12.6. The van der Waals surface area contributed by atoms with Crippen LogP contribution in [-0.4, -0.2) is 20.3 Å². The Morgan fingerprint density at radius 2 is 2.21 bits per heavy atom. The Kier molecular flexibility index (Phi) is 4.61. The van der Waals surface area contributed by atoms with E-state index >= 15 is 0 Å². The van der Waals surface area contributed by atoms with E-state index in [1.54, 1.807) is 6.33 Å². The highest BCUT2D eigenvalue weighted by atomic mass is 15.3. The number of rotatable bonds is 4. The summed E-state index contributed by atoms with van der Waals surface area (Å²) in [5.74, 6) is 2.47. The van der Waals surface area contributed by atoms with Crippen molar-refractivity contribution in [1.82, 2.24) is 14.8 Å². The van der Waals surface area contributed by atoms with Crippen LogP contribution < -0.4 is 5.73 Å². The van der Waals surface area contributed by atoms with Gasteiger partial charge in [0, 0.05) is 18.5 Å². The van der Waals surface area contributed by atoms with Crippen molar-refractivity contribution in [3.63, 3.8) is 0 Å². The molecule has 4 heteroatoms. The first-order chi connectivity index (χ1) is 8.98. The van der Waals surface area contributed by atoms with Gasteiger partial charge in [0.05, 0.1) is 0 Å². The van der Waals surface area contributed by atoms with Crippen LogP contribution in [0.5, 0.6) is 0 Å². The highest BCUT2D eigenvalue weighted by molar-refractivity contribution is 4.99. The lowest BCUT2D eigenvalue weighted by atomic mass is 9.87. The molecule has 2 unspecified atom stereocenters. The molecule has 1 aliphatic carbocycles. The van der Waals surface area contributed by atoms with E-state index in [-0.39, 0.29) is 5.54 Å². The fraction of sp³-hybridized carbons (Fsp3) is 0.867. The molecular formula is C15H28N4. The number of aromatic nitrogens is 3. The van der Waals surface area contributed by atoms with Gasteiger partial charge in [-0.2, -0.15) is 5.10 Å². The predicted molar refractivity (Wildman–Crippen MR) is 77.7 cm³/mol. The molecule has 1 aliphatic rings. The van der Waals surface area contributed by atoms with Gasteiger partial charge in [-0.25, -0.2) is 9.67 Å². The molecule has 0 radical (unpaired) electrons. The average Bonchev–Trinajstić information content (AvgIpc) is 2.65. The summed E-state index contributed by atoms with van der Waals surface area (Å²) in [5.41, 5.74) is 6.55. The molecule has 1 heterocycles. The van der Waals surface area contributed by atoms with Crippen molar-refractivity contribution < 1.29 is 0 Å². The van der Waals surface area contributed by atoms with E-state index in [1.165, 1.54) is 19.3 Å². The highest BCUT2D eigenvalue weighted by Gasteiger charge is 2.30. The zero-order chi connectivity index (χ0) is 13.9. The van der Waals surface area contributed by atoms with Crippen molar-refractivity contribution in [1.29, 1.82) is 0 Å². The molecule has 1 saturated carbocycles. The van der Waals surface area contributed by atoms with Crippen molar-refractivity contribution in [2.24, 2.45) is 17.6 Å². The summed E-state index contributed by atoms with van der Waals surface area (Å²) in [6.07, 6.45) is 8.57. The lowest BCUT2D eigenvalue weighted by Gasteiger charge is -2.28. The van der Waals surface area contributed by atoms with Gasteiger partial charge in [0.25, 0.3) is 0 Å². The van der Waals surface area contributed by atoms with E-state index in [1.807, 2.05) is 4.68 Å². The lowest BCUT2D eigenvalue weighted by Crippen LogP contribution is -2.42. The molecule has 0 amide bonds. The minimum Gasteiger partial charge on any atom is -0.325 e. The molecule has 1 fully saturated rings. The average molecular weight is 264 g/mol. The van der Waals surface area contributed by atoms with Crippen LogP contribution in [0.15, 0.2) is 6.33 Å². The second kappa shape index (κ2) is 6.04. The first kappa shape index (κ1) is 14.5. The maximum atomic E-state index is 6.63. The van der Waals surface area contributed by atoms with Crippen molar-refractivity contribution in [3.8, 4) is 0 Å². The maximum Gasteiger partial charge on any atom is 0.138 e. The van der Waals surface area contributed by atoms with E-state index in [9.17, 15) is 0 Å². The van der Waals surface area contributed by atoms with Gasteiger partial charge in [-0.05, 0) is 31.1 Å². The second-order valence-electron chi connectivity index (χ2n) is 6.83. The first-order valence-electron chi connectivity index (χ1n) is 7.64. The Morgan fingerprint density at radius 1 is 1.42 bits per heavy atom. The maximum absolute atomic E-state index is 6.63. The molecule has 0 saturated heterocycles. The van der Waals surface area contributed by atoms with Crippen LogP contribution in [-0.2, 0) is 13.0 Å². The largest absolute Gasteiger partial charge is 0.325 e. The minimum atomic E-state index is -0.0769. The zero-order valence-corrected chi connectivity index (χ0v) is 12.6. The Bertz CT molecular complexity index is 399. The summed E-state index contributed by atoms with van der Waals surface area (Å²) in [5, 5.41) is 4.34. The van der Waals surface area contributed by atoms with Crippen LogP contribution in [0, 0.1) is 11.8 Å². The summed E-state index contributed by atoms with van der Waals surface area (Å²) < 4.78 is 2.04. The molecule has 1 aromatic rings. The molecular weight excluding hydrogens is 236 g/mol. The summed E-state index contributed by atoms with van der Waals surface area (Å²) in [7, 11) is 0. The van der Waals surface area contributed by atoms with E-state index < -0.39 is 0 Å². The molecule has 4 nitrogen and oxygen atoms in total. The van der Waals surface area contributed by atoms with Gasteiger partial charge in [-0.15, -0.1) is 0 Å². The molecule has 0 spiro atoms. The molecule has 2 atom stereocenters. The molecule has 108 valence electrons. The van der Waals surface area contributed by atoms with Crippen LogP contribution in [0.3, 0.4) is 0 Å². The highest BCUT2D eigenvalue weighted by Crippen LogP contribution is 2.30. The Morgan fingerprint density at radius 3 is 2.95 bits per heavy atom. The van der Waals surface area contributed by atoms with Crippen molar-refractivity contribution in [3.05, 3.63) is 12.2 Å². The van der Waals surface area contributed by atoms with Crippen LogP contribution in [0.25, 0.3) is 0 Å². The standard InChI is InChI=1S/C15H28N4/c1-12(2)10-19-14(17-11-18-19)9-15(16)7-4-5-13(3)6-8-15/h11-13H,4-10,16H2,1-3H3. The Balaban J connectivity index is 2.05. The molecule has 0 aromatic carbocycles. The third kappa shape index (κ3) is 4.03. The monoisotopic (exact) mass is 264 g/mol. The minimum absolute atomic E-state index is 0.0769. The number of nitrogens with two attached hydrogens (primary N) is 1. The van der Waals surface area contributed by atoms with Gasteiger partial charge >= 0.3 is 0 Å². The predicted octanol–water partition coefficient (Wildman–Crippen LogP) is 2.77. The van der Waals surface area contributed by atoms with E-state index in [2.05, 4.69) is 30.9 Å². The van der Waals surface area contributed by atoms with Crippen molar-refractivity contribution in [2.45, 2.75) is 71.4 Å². The molecule has 0 bridgehead atoms. The van der Waals surface area contributed by atoms with Crippen LogP contribution >= 0.6 is 0 Å². The van der Waals surface area contributed by atoms with E-state index in [0.717, 1.165) is 37.5 Å². The van der Waals surface area contributed by atoms with Crippen LogP contribution in [0.2, 0.25) is 0 Å². The van der Waals surface area contributed by atoms with Gasteiger partial charge in [0.1, 0.15) is 12.2 Å². The van der Waals surface area contributed by atoms with Gasteiger partial charge in [0.2, 0.25) is 0 Å². The van der Waals surface area contributed by atoms with Crippen LogP contribution in [0.4, 0.5) is 0 Å². The fourth-order valence-corrected chi connectivity index (χ4v) is 3.02. The molecule has 2 N–H and O–H groups in total. The quantitative estimate of drug-likeness (QED) is 0.851. The van der Waals surface area contributed by atoms with Crippen LogP contribution in [0.1, 0.15) is 58.7 Å². The number of hydrogen-bond donors (Lipinski definition) is 1. The molecule has 0 aliphatic heterocycles. The van der Waals surface area contributed by atoms with E-state index in [4.69, 9.17) is 5.73 Å². The Labute approximate surface area is 116 Å². The van der Waals surface area contributed by atoms with Gasteiger partial charge < -0.3 is 5.73 Å². The van der Waals surface area contributed by atoms with Crippen molar-refractivity contribution in [2.75, 3.05) is 0 Å². The summed E-state index contributed by atoms with van der Waals surface area (Å²) in [6.45, 7) is 7.68.